The van der Waals surface area contributed by atoms with Gasteiger partial charge >= 0.3 is 0 Å². The highest BCUT2D eigenvalue weighted by molar-refractivity contribution is 5.58. The molecule has 0 aromatic carbocycles. The van der Waals surface area contributed by atoms with Crippen molar-refractivity contribution < 1.29 is 0 Å². The summed E-state index contributed by atoms with van der Waals surface area (Å²) in [5, 5.41) is 16.7. The van der Waals surface area contributed by atoms with Gasteiger partial charge in [0.05, 0.1) is 6.20 Å². The van der Waals surface area contributed by atoms with Gasteiger partial charge in [0.1, 0.15) is 17.9 Å². The van der Waals surface area contributed by atoms with E-state index in [9.17, 15) is 0 Å². The number of hydrogen-bond donors (Lipinski definition) is 0. The monoisotopic (exact) mass is 211 g/mol. The van der Waals surface area contributed by atoms with E-state index in [0.29, 0.717) is 5.82 Å². The van der Waals surface area contributed by atoms with Gasteiger partial charge in [-0.1, -0.05) is 0 Å². The predicted octanol–water partition coefficient (Wildman–Crippen LogP) is 0.182. The fraction of sp³-hybridized carbons (Fsp3) is 0. The molecule has 7 heteroatoms. The van der Waals surface area contributed by atoms with E-state index in [4.69, 9.17) is 5.26 Å². The molecule has 0 bridgehead atoms. The standard InChI is InChI=1S/C9H5N7/c10-5-8-12-6-16(14-8)9-7-1-2-13-15(7)4-3-11-9/h1-4,6H. The SMILES string of the molecule is N#Cc1ncn(-c2nccn3nccc23)n1. The zero-order valence-electron chi connectivity index (χ0n) is 8.02. The highest BCUT2D eigenvalue weighted by Gasteiger charge is 2.07. The van der Waals surface area contributed by atoms with Gasteiger partial charge in [-0.2, -0.15) is 15.0 Å². The number of hydrogen-bond acceptors (Lipinski definition) is 5. The maximum atomic E-state index is 8.64. The molecule has 3 aromatic heterocycles. The fourth-order valence-electron chi connectivity index (χ4n) is 1.44. The van der Waals surface area contributed by atoms with Gasteiger partial charge in [0.2, 0.25) is 0 Å². The van der Waals surface area contributed by atoms with E-state index in [0.717, 1.165) is 5.52 Å². The van der Waals surface area contributed by atoms with E-state index in [1.807, 2.05) is 12.1 Å². The Balaban J connectivity index is 2.26. The molecule has 0 saturated heterocycles. The second-order valence-corrected chi connectivity index (χ2v) is 3.04. The Morgan fingerprint density at radius 3 is 3.00 bits per heavy atom. The van der Waals surface area contributed by atoms with E-state index in [1.165, 1.54) is 11.0 Å². The molecule has 3 aromatic rings. The van der Waals surface area contributed by atoms with Crippen molar-refractivity contribution in [1.29, 1.82) is 5.26 Å². The van der Waals surface area contributed by atoms with Crippen LogP contribution in [0.2, 0.25) is 0 Å². The van der Waals surface area contributed by atoms with Gasteiger partial charge in [0.25, 0.3) is 5.82 Å². The van der Waals surface area contributed by atoms with Crippen LogP contribution in [0.4, 0.5) is 0 Å². The summed E-state index contributed by atoms with van der Waals surface area (Å²) in [4.78, 5) is 8.01. The second kappa shape index (κ2) is 3.13. The number of nitriles is 1. The van der Waals surface area contributed by atoms with Gasteiger partial charge in [-0.15, -0.1) is 5.10 Å². The number of fused-ring (bicyclic) bond motifs is 1. The summed E-state index contributed by atoms with van der Waals surface area (Å²) in [6.07, 6.45) is 6.47. The molecule has 0 radical (unpaired) electrons. The van der Waals surface area contributed by atoms with E-state index in [1.54, 1.807) is 23.1 Å². The molecule has 3 rings (SSSR count). The van der Waals surface area contributed by atoms with Crippen molar-refractivity contribution in [2.45, 2.75) is 0 Å². The first-order valence-electron chi connectivity index (χ1n) is 4.49. The first-order chi connectivity index (χ1) is 7.88. The average molecular weight is 211 g/mol. The molecular weight excluding hydrogens is 206 g/mol. The van der Waals surface area contributed by atoms with Crippen LogP contribution in [0.15, 0.2) is 31.0 Å². The van der Waals surface area contributed by atoms with Gasteiger partial charge in [-0.25, -0.2) is 14.5 Å². The molecule has 0 fully saturated rings. The minimum Gasteiger partial charge on any atom is -0.236 e. The maximum absolute atomic E-state index is 8.64. The third-order valence-electron chi connectivity index (χ3n) is 2.11. The predicted molar refractivity (Wildman–Crippen MR) is 52.6 cm³/mol. The lowest BCUT2D eigenvalue weighted by molar-refractivity contribution is 0.827. The Morgan fingerprint density at radius 1 is 1.25 bits per heavy atom. The van der Waals surface area contributed by atoms with Gasteiger partial charge in [-0.05, 0) is 6.07 Å². The zero-order chi connectivity index (χ0) is 11.0. The summed E-state index contributed by atoms with van der Waals surface area (Å²) < 4.78 is 3.13. The number of nitrogens with zero attached hydrogens (tertiary/aromatic N) is 7. The van der Waals surface area contributed by atoms with Crippen molar-refractivity contribution >= 4 is 5.52 Å². The lowest BCUT2D eigenvalue weighted by Gasteiger charge is -2.00. The Bertz CT molecular complexity index is 687. The van der Waals surface area contributed by atoms with Gasteiger partial charge < -0.3 is 0 Å². The zero-order valence-corrected chi connectivity index (χ0v) is 8.02. The molecule has 7 nitrogen and oxygen atoms in total. The first kappa shape index (κ1) is 8.55. The highest BCUT2D eigenvalue weighted by atomic mass is 15.4. The van der Waals surface area contributed by atoms with Crippen molar-refractivity contribution in [3.63, 3.8) is 0 Å². The lowest BCUT2D eigenvalue weighted by Crippen LogP contribution is -2.01. The molecule has 0 aliphatic heterocycles. The van der Waals surface area contributed by atoms with Gasteiger partial charge in [0, 0.05) is 12.4 Å². The van der Waals surface area contributed by atoms with Crippen molar-refractivity contribution in [3.8, 4) is 11.9 Å². The Morgan fingerprint density at radius 2 is 2.19 bits per heavy atom. The third-order valence-corrected chi connectivity index (χ3v) is 2.11. The number of aromatic nitrogens is 6. The average Bonchev–Trinajstić information content (AvgIpc) is 2.97. The highest BCUT2D eigenvalue weighted by Crippen LogP contribution is 2.10. The fourth-order valence-corrected chi connectivity index (χ4v) is 1.44. The summed E-state index contributed by atoms with van der Waals surface area (Å²) in [6.45, 7) is 0. The molecule has 0 unspecified atom stereocenters. The minimum absolute atomic E-state index is 0.114. The van der Waals surface area contributed by atoms with E-state index >= 15 is 0 Å². The smallest absolute Gasteiger partial charge is 0.236 e. The van der Waals surface area contributed by atoms with Crippen LogP contribution in [0.3, 0.4) is 0 Å². The maximum Gasteiger partial charge on any atom is 0.252 e. The number of rotatable bonds is 1. The van der Waals surface area contributed by atoms with Gasteiger partial charge in [-0.3, -0.25) is 0 Å². The molecule has 0 aliphatic carbocycles. The summed E-state index contributed by atoms with van der Waals surface area (Å²) in [6, 6.07) is 3.68. The summed E-state index contributed by atoms with van der Waals surface area (Å²) in [7, 11) is 0. The van der Waals surface area contributed by atoms with E-state index in [-0.39, 0.29) is 5.82 Å². The topological polar surface area (TPSA) is 84.7 Å². The molecule has 0 spiro atoms. The first-order valence-corrected chi connectivity index (χ1v) is 4.49. The molecule has 0 saturated carbocycles. The van der Waals surface area contributed by atoms with Crippen molar-refractivity contribution in [2.75, 3.05) is 0 Å². The minimum atomic E-state index is 0.114. The van der Waals surface area contributed by atoms with Crippen LogP contribution in [0.5, 0.6) is 0 Å². The van der Waals surface area contributed by atoms with Crippen LogP contribution in [0.25, 0.3) is 11.3 Å². The summed E-state index contributed by atoms with van der Waals surface area (Å²) >= 11 is 0. The molecule has 76 valence electrons. The molecule has 0 aliphatic rings. The Hall–Kier alpha value is -2.75. The lowest BCUT2D eigenvalue weighted by atomic mass is 10.5. The molecule has 0 amide bonds. The van der Waals surface area contributed by atoms with E-state index < -0.39 is 0 Å². The Kier molecular flexibility index (Phi) is 1.67. The van der Waals surface area contributed by atoms with Crippen LogP contribution in [0, 0.1) is 11.3 Å². The quantitative estimate of drug-likeness (QED) is 0.573. The molecular formula is C9H5N7. The largest absolute Gasteiger partial charge is 0.252 e. The summed E-state index contributed by atoms with van der Waals surface area (Å²) in [5.41, 5.74) is 0.803. The van der Waals surface area contributed by atoms with Crippen molar-refractivity contribution in [2.24, 2.45) is 0 Å². The Labute approximate surface area is 89.6 Å². The van der Waals surface area contributed by atoms with Crippen LogP contribution in [0.1, 0.15) is 5.82 Å². The normalized spacial score (nSPS) is 10.4. The molecule has 3 heterocycles. The second-order valence-electron chi connectivity index (χ2n) is 3.04. The third kappa shape index (κ3) is 1.14. The van der Waals surface area contributed by atoms with Crippen molar-refractivity contribution in [3.05, 3.63) is 36.8 Å². The van der Waals surface area contributed by atoms with Crippen LogP contribution >= 0.6 is 0 Å². The van der Waals surface area contributed by atoms with Crippen LogP contribution in [-0.4, -0.2) is 29.4 Å². The van der Waals surface area contributed by atoms with Crippen LogP contribution in [-0.2, 0) is 0 Å². The molecule has 0 atom stereocenters. The van der Waals surface area contributed by atoms with Crippen molar-refractivity contribution in [1.82, 2.24) is 29.4 Å². The molecule has 16 heavy (non-hydrogen) atoms. The van der Waals surface area contributed by atoms with E-state index in [2.05, 4.69) is 20.2 Å². The molecule has 0 N–H and O–H groups in total. The van der Waals surface area contributed by atoms with Gasteiger partial charge in [0.15, 0.2) is 5.82 Å². The van der Waals surface area contributed by atoms with Crippen LogP contribution < -0.4 is 0 Å². The summed E-state index contributed by atoms with van der Waals surface area (Å²) in [5.74, 6) is 0.706.